The summed E-state index contributed by atoms with van der Waals surface area (Å²) < 4.78 is 8.20. The van der Waals surface area contributed by atoms with Gasteiger partial charge >= 0.3 is 0 Å². The van der Waals surface area contributed by atoms with Gasteiger partial charge in [0.2, 0.25) is 0 Å². The molecule has 0 aromatic carbocycles. The summed E-state index contributed by atoms with van der Waals surface area (Å²) in [6, 6.07) is -0.109. The fourth-order valence-electron chi connectivity index (χ4n) is 3.06. The number of hydrogen-bond donors (Lipinski definition) is 2. The van der Waals surface area contributed by atoms with Gasteiger partial charge in [-0.15, -0.1) is 5.10 Å². The third-order valence-electron chi connectivity index (χ3n) is 4.02. The lowest BCUT2D eigenvalue weighted by atomic mass is 9.82. The minimum Gasteiger partial charge on any atom is -0.379 e. The molecular formula is C12H22BrN5O. The summed E-state index contributed by atoms with van der Waals surface area (Å²) in [5.74, 6) is 6.29. The van der Waals surface area contributed by atoms with Crippen LogP contribution < -0.4 is 11.3 Å². The smallest absolute Gasteiger partial charge is 0.153 e. The van der Waals surface area contributed by atoms with Crippen molar-refractivity contribution in [2.24, 2.45) is 18.8 Å². The molecule has 0 saturated heterocycles. The molecule has 1 aromatic heterocycles. The van der Waals surface area contributed by atoms with Gasteiger partial charge in [0, 0.05) is 14.2 Å². The van der Waals surface area contributed by atoms with Gasteiger partial charge in [0.1, 0.15) is 0 Å². The third-order valence-corrected chi connectivity index (χ3v) is 4.58. The first-order chi connectivity index (χ1) is 9.19. The van der Waals surface area contributed by atoms with E-state index in [-0.39, 0.29) is 12.1 Å². The zero-order valence-corrected chi connectivity index (χ0v) is 13.1. The van der Waals surface area contributed by atoms with E-state index in [1.54, 1.807) is 11.8 Å². The van der Waals surface area contributed by atoms with Crippen LogP contribution in [0.3, 0.4) is 0 Å². The molecule has 1 aliphatic carbocycles. The molecule has 0 aliphatic heterocycles. The van der Waals surface area contributed by atoms with E-state index < -0.39 is 0 Å². The Morgan fingerprint density at radius 3 is 2.58 bits per heavy atom. The summed E-state index contributed by atoms with van der Waals surface area (Å²) in [4.78, 5) is 0. The van der Waals surface area contributed by atoms with E-state index >= 15 is 0 Å². The molecule has 2 rings (SSSR count). The lowest BCUT2D eigenvalue weighted by Gasteiger charge is -2.34. The van der Waals surface area contributed by atoms with Crippen LogP contribution in [0.2, 0.25) is 0 Å². The number of nitrogens with zero attached hydrogens (tertiary/aromatic N) is 3. The number of aryl methyl sites for hydroxylation is 1. The van der Waals surface area contributed by atoms with Crippen molar-refractivity contribution in [1.29, 1.82) is 0 Å². The standard InChI is InChI=1S/C12H22BrN5O/c1-18-10(12(13)16-17-18)9(15-14)11(19-2)8-6-4-3-5-7-8/h8-9,11,15H,3-7,14H2,1-2H3. The Hall–Kier alpha value is -0.500. The van der Waals surface area contributed by atoms with E-state index in [0.29, 0.717) is 5.92 Å². The zero-order chi connectivity index (χ0) is 13.8. The second kappa shape index (κ2) is 6.78. The van der Waals surface area contributed by atoms with Gasteiger partial charge in [-0.25, -0.2) is 10.1 Å². The van der Waals surface area contributed by atoms with Crippen LogP contribution in [0.5, 0.6) is 0 Å². The largest absolute Gasteiger partial charge is 0.379 e. The first-order valence-electron chi connectivity index (χ1n) is 6.73. The molecule has 6 nitrogen and oxygen atoms in total. The second-order valence-electron chi connectivity index (χ2n) is 5.13. The maximum Gasteiger partial charge on any atom is 0.153 e. The Kier molecular flexibility index (Phi) is 5.32. The molecule has 0 bridgehead atoms. The first kappa shape index (κ1) is 14.9. The predicted molar refractivity (Wildman–Crippen MR) is 76.1 cm³/mol. The van der Waals surface area contributed by atoms with Gasteiger partial charge < -0.3 is 4.74 Å². The number of ether oxygens (including phenoxy) is 1. The van der Waals surface area contributed by atoms with Crippen LogP contribution in [0.1, 0.15) is 43.8 Å². The Bertz CT molecular complexity index is 385. The van der Waals surface area contributed by atoms with E-state index in [1.807, 2.05) is 7.05 Å². The number of rotatable bonds is 5. The molecule has 3 N–H and O–H groups in total. The van der Waals surface area contributed by atoms with Crippen molar-refractivity contribution < 1.29 is 4.74 Å². The molecule has 1 aliphatic rings. The van der Waals surface area contributed by atoms with Crippen molar-refractivity contribution in [3.63, 3.8) is 0 Å². The monoisotopic (exact) mass is 331 g/mol. The molecule has 0 spiro atoms. The molecule has 7 heteroatoms. The van der Waals surface area contributed by atoms with Gasteiger partial charge in [-0.3, -0.25) is 5.84 Å². The summed E-state index contributed by atoms with van der Waals surface area (Å²) in [5, 5.41) is 8.04. The molecular weight excluding hydrogens is 310 g/mol. The van der Waals surface area contributed by atoms with Gasteiger partial charge in [0.05, 0.1) is 17.8 Å². The molecule has 108 valence electrons. The highest BCUT2D eigenvalue weighted by atomic mass is 79.9. The number of hydrazine groups is 1. The molecule has 19 heavy (non-hydrogen) atoms. The number of nitrogens with two attached hydrogens (primary N) is 1. The average Bonchev–Trinajstić information content (AvgIpc) is 2.77. The molecule has 1 heterocycles. The normalized spacial score (nSPS) is 20.4. The van der Waals surface area contributed by atoms with E-state index in [4.69, 9.17) is 10.6 Å². The molecule has 2 atom stereocenters. The fourth-order valence-corrected chi connectivity index (χ4v) is 3.64. The van der Waals surface area contributed by atoms with Crippen LogP contribution in [0.25, 0.3) is 0 Å². The van der Waals surface area contributed by atoms with Gasteiger partial charge in [-0.2, -0.15) is 0 Å². The molecule has 0 radical (unpaired) electrons. The van der Waals surface area contributed by atoms with Crippen LogP contribution in [0, 0.1) is 5.92 Å². The van der Waals surface area contributed by atoms with Crippen molar-refractivity contribution in [2.45, 2.75) is 44.2 Å². The van der Waals surface area contributed by atoms with Crippen LogP contribution >= 0.6 is 15.9 Å². The third kappa shape index (κ3) is 3.16. The number of methoxy groups -OCH3 is 1. The summed E-state index contributed by atoms with van der Waals surface area (Å²) in [7, 11) is 3.62. The molecule has 2 unspecified atom stereocenters. The van der Waals surface area contributed by atoms with Gasteiger partial charge in [-0.1, -0.05) is 24.5 Å². The maximum atomic E-state index is 5.77. The predicted octanol–water partition coefficient (Wildman–Crippen LogP) is 1.68. The topological polar surface area (TPSA) is 78.0 Å². The summed E-state index contributed by atoms with van der Waals surface area (Å²) in [5.41, 5.74) is 3.81. The molecule has 1 saturated carbocycles. The van der Waals surface area contributed by atoms with Gasteiger partial charge in [0.15, 0.2) is 4.60 Å². The van der Waals surface area contributed by atoms with Crippen molar-refractivity contribution in [3.05, 3.63) is 10.3 Å². The van der Waals surface area contributed by atoms with Gasteiger partial charge in [-0.05, 0) is 34.7 Å². The quantitative estimate of drug-likeness (QED) is 0.634. The highest BCUT2D eigenvalue weighted by molar-refractivity contribution is 9.10. The minimum absolute atomic E-state index is 0.0406. The minimum atomic E-state index is -0.109. The highest BCUT2D eigenvalue weighted by Gasteiger charge is 2.34. The van der Waals surface area contributed by atoms with Crippen LogP contribution in [0.15, 0.2) is 4.60 Å². The summed E-state index contributed by atoms with van der Waals surface area (Å²) >= 11 is 3.43. The van der Waals surface area contributed by atoms with Crippen molar-refractivity contribution in [3.8, 4) is 0 Å². The summed E-state index contributed by atoms with van der Waals surface area (Å²) in [6.45, 7) is 0. The Labute approximate surface area is 122 Å². The lowest BCUT2D eigenvalue weighted by Crippen LogP contribution is -2.43. The number of hydrogen-bond acceptors (Lipinski definition) is 5. The van der Waals surface area contributed by atoms with E-state index in [1.165, 1.54) is 32.1 Å². The zero-order valence-electron chi connectivity index (χ0n) is 11.5. The first-order valence-corrected chi connectivity index (χ1v) is 7.52. The van der Waals surface area contributed by atoms with E-state index in [9.17, 15) is 0 Å². The number of halogens is 1. The number of nitrogens with one attached hydrogen (secondary N) is 1. The Morgan fingerprint density at radius 1 is 1.42 bits per heavy atom. The summed E-state index contributed by atoms with van der Waals surface area (Å²) in [6.07, 6.45) is 6.29. The molecule has 1 fully saturated rings. The Balaban J connectivity index is 2.23. The van der Waals surface area contributed by atoms with Crippen LogP contribution in [-0.4, -0.2) is 28.2 Å². The molecule has 1 aromatic rings. The van der Waals surface area contributed by atoms with Crippen LogP contribution in [-0.2, 0) is 11.8 Å². The van der Waals surface area contributed by atoms with E-state index in [2.05, 4.69) is 31.7 Å². The Morgan fingerprint density at radius 2 is 2.11 bits per heavy atom. The van der Waals surface area contributed by atoms with Crippen molar-refractivity contribution in [1.82, 2.24) is 20.4 Å². The van der Waals surface area contributed by atoms with Gasteiger partial charge in [0.25, 0.3) is 0 Å². The van der Waals surface area contributed by atoms with Crippen molar-refractivity contribution in [2.75, 3.05) is 7.11 Å². The second-order valence-corrected chi connectivity index (χ2v) is 5.88. The van der Waals surface area contributed by atoms with Crippen LogP contribution in [0.4, 0.5) is 0 Å². The maximum absolute atomic E-state index is 5.77. The lowest BCUT2D eigenvalue weighted by molar-refractivity contribution is 0.00536. The van der Waals surface area contributed by atoms with E-state index in [0.717, 1.165) is 10.3 Å². The van der Waals surface area contributed by atoms with Crippen molar-refractivity contribution >= 4 is 15.9 Å². The number of aromatic nitrogens is 3. The SMILES string of the molecule is COC(C1CCCCC1)C(NN)c1c(Br)nnn1C. The molecule has 0 amide bonds. The average molecular weight is 332 g/mol. The highest BCUT2D eigenvalue weighted by Crippen LogP contribution is 2.35. The fraction of sp³-hybridized carbons (Fsp3) is 0.833.